The number of hydrogen-bond acceptors (Lipinski definition) is 2. The minimum atomic E-state index is -0.240. The summed E-state index contributed by atoms with van der Waals surface area (Å²) in [4.78, 5) is 14.5. The minimum absolute atomic E-state index is 0.0463. The van der Waals surface area contributed by atoms with E-state index in [4.69, 9.17) is 4.42 Å². The number of rotatable bonds is 6. The molecule has 0 unspecified atom stereocenters. The maximum absolute atomic E-state index is 12.7. The number of furan rings is 1. The van der Waals surface area contributed by atoms with E-state index in [-0.39, 0.29) is 11.9 Å². The monoisotopic (exact) mass is 281 g/mol. The van der Waals surface area contributed by atoms with Crippen LogP contribution in [0, 0.1) is 0 Å². The van der Waals surface area contributed by atoms with Gasteiger partial charge in [-0.3, -0.25) is 4.79 Å². The van der Waals surface area contributed by atoms with Crippen LogP contribution in [0.3, 0.4) is 0 Å². The summed E-state index contributed by atoms with van der Waals surface area (Å²) in [5.41, 5.74) is 0.653. The van der Waals surface area contributed by atoms with Crippen LogP contribution in [0.2, 0.25) is 0 Å². The molecule has 1 aromatic carbocycles. The SMILES string of the molecule is C=CCN(C(=O)c1ccccc1)[C@@H](/C=C\C)c1ccco1. The first kappa shape index (κ1) is 14.9. The van der Waals surface area contributed by atoms with Gasteiger partial charge in [0.05, 0.1) is 6.26 Å². The van der Waals surface area contributed by atoms with E-state index in [1.807, 2.05) is 61.5 Å². The van der Waals surface area contributed by atoms with Gasteiger partial charge in [0.2, 0.25) is 0 Å². The molecule has 1 atom stereocenters. The average Bonchev–Trinajstić information content (AvgIpc) is 3.05. The third-order valence-corrected chi connectivity index (χ3v) is 3.15. The number of amides is 1. The van der Waals surface area contributed by atoms with Crippen molar-refractivity contribution < 1.29 is 9.21 Å². The zero-order chi connectivity index (χ0) is 15.1. The number of allylic oxidation sites excluding steroid dienone is 1. The molecule has 21 heavy (non-hydrogen) atoms. The van der Waals surface area contributed by atoms with Crippen LogP contribution in [0.4, 0.5) is 0 Å². The molecule has 1 heterocycles. The van der Waals surface area contributed by atoms with E-state index >= 15 is 0 Å². The summed E-state index contributed by atoms with van der Waals surface area (Å²) in [6, 6.07) is 12.7. The van der Waals surface area contributed by atoms with E-state index < -0.39 is 0 Å². The second-order valence-electron chi connectivity index (χ2n) is 4.60. The largest absolute Gasteiger partial charge is 0.467 e. The summed E-state index contributed by atoms with van der Waals surface area (Å²) >= 11 is 0. The van der Waals surface area contributed by atoms with Gasteiger partial charge in [-0.25, -0.2) is 0 Å². The molecule has 0 aliphatic carbocycles. The lowest BCUT2D eigenvalue weighted by molar-refractivity contribution is 0.0719. The second-order valence-corrected chi connectivity index (χ2v) is 4.60. The van der Waals surface area contributed by atoms with Gasteiger partial charge >= 0.3 is 0 Å². The zero-order valence-electron chi connectivity index (χ0n) is 12.1. The summed E-state index contributed by atoms with van der Waals surface area (Å²) in [6.45, 7) is 6.13. The molecule has 0 saturated carbocycles. The van der Waals surface area contributed by atoms with Crippen LogP contribution in [0.15, 0.2) is 78.0 Å². The van der Waals surface area contributed by atoms with Gasteiger partial charge in [0.1, 0.15) is 11.8 Å². The molecule has 0 fully saturated rings. The molecule has 0 aliphatic rings. The van der Waals surface area contributed by atoms with Gasteiger partial charge in [-0.2, -0.15) is 0 Å². The minimum Gasteiger partial charge on any atom is -0.467 e. The quantitative estimate of drug-likeness (QED) is 0.743. The number of carbonyl (C=O) groups is 1. The Morgan fingerprint density at radius 2 is 2.05 bits per heavy atom. The highest BCUT2D eigenvalue weighted by atomic mass is 16.3. The number of nitrogens with zero attached hydrogens (tertiary/aromatic N) is 1. The van der Waals surface area contributed by atoms with Crippen LogP contribution in [0.1, 0.15) is 29.1 Å². The van der Waals surface area contributed by atoms with Gasteiger partial charge in [-0.05, 0) is 31.2 Å². The van der Waals surface area contributed by atoms with Crippen LogP contribution in [0.25, 0.3) is 0 Å². The Bertz CT molecular complexity index is 599. The van der Waals surface area contributed by atoms with Crippen molar-refractivity contribution in [2.75, 3.05) is 6.54 Å². The fourth-order valence-corrected chi connectivity index (χ4v) is 2.20. The Hall–Kier alpha value is -2.55. The molecule has 3 heteroatoms. The van der Waals surface area contributed by atoms with Gasteiger partial charge in [-0.15, -0.1) is 6.58 Å². The van der Waals surface area contributed by atoms with E-state index in [1.54, 1.807) is 17.2 Å². The fourth-order valence-electron chi connectivity index (χ4n) is 2.20. The van der Waals surface area contributed by atoms with Crippen LogP contribution in [-0.2, 0) is 0 Å². The zero-order valence-corrected chi connectivity index (χ0v) is 12.1. The average molecular weight is 281 g/mol. The van der Waals surface area contributed by atoms with Crippen LogP contribution < -0.4 is 0 Å². The van der Waals surface area contributed by atoms with E-state index in [0.717, 1.165) is 5.76 Å². The lowest BCUT2D eigenvalue weighted by Gasteiger charge is -2.27. The van der Waals surface area contributed by atoms with E-state index in [2.05, 4.69) is 6.58 Å². The second kappa shape index (κ2) is 7.29. The first-order valence-corrected chi connectivity index (χ1v) is 6.91. The first-order valence-electron chi connectivity index (χ1n) is 6.91. The number of benzene rings is 1. The molecule has 0 bridgehead atoms. The summed E-state index contributed by atoms with van der Waals surface area (Å²) in [5, 5.41) is 0. The van der Waals surface area contributed by atoms with Crippen LogP contribution in [0.5, 0.6) is 0 Å². The summed E-state index contributed by atoms with van der Waals surface area (Å²) in [5.74, 6) is 0.689. The van der Waals surface area contributed by atoms with Crippen molar-refractivity contribution in [2.45, 2.75) is 13.0 Å². The molecule has 0 spiro atoms. The lowest BCUT2D eigenvalue weighted by atomic mass is 10.1. The van der Waals surface area contributed by atoms with E-state index in [1.165, 1.54) is 0 Å². The molecule has 1 amide bonds. The molecule has 0 N–H and O–H groups in total. The van der Waals surface area contributed by atoms with Crippen LogP contribution >= 0.6 is 0 Å². The fraction of sp³-hybridized carbons (Fsp3) is 0.167. The van der Waals surface area contributed by atoms with Crippen molar-refractivity contribution in [2.24, 2.45) is 0 Å². The third-order valence-electron chi connectivity index (χ3n) is 3.15. The summed E-state index contributed by atoms with van der Waals surface area (Å²) in [7, 11) is 0. The van der Waals surface area contributed by atoms with Gasteiger partial charge in [-0.1, -0.05) is 36.4 Å². The molecule has 1 aromatic heterocycles. The molecule has 2 aromatic rings. The molecular formula is C18H19NO2. The predicted molar refractivity (Wildman–Crippen MR) is 83.9 cm³/mol. The maximum atomic E-state index is 12.7. The van der Waals surface area contributed by atoms with Crippen molar-refractivity contribution in [1.29, 1.82) is 0 Å². The topological polar surface area (TPSA) is 33.5 Å². The molecule has 0 aliphatic heterocycles. The number of hydrogen-bond donors (Lipinski definition) is 0. The third kappa shape index (κ3) is 3.51. The highest BCUT2D eigenvalue weighted by Gasteiger charge is 2.24. The first-order chi connectivity index (χ1) is 10.3. The van der Waals surface area contributed by atoms with Crippen molar-refractivity contribution >= 4 is 5.91 Å². The molecule has 3 nitrogen and oxygen atoms in total. The van der Waals surface area contributed by atoms with Gasteiger partial charge in [0.15, 0.2) is 0 Å². The van der Waals surface area contributed by atoms with Crippen molar-refractivity contribution in [3.05, 3.63) is 84.9 Å². The van der Waals surface area contributed by atoms with Crippen LogP contribution in [-0.4, -0.2) is 17.4 Å². The van der Waals surface area contributed by atoms with Gasteiger partial charge in [0, 0.05) is 12.1 Å². The molecule has 0 saturated heterocycles. The van der Waals surface area contributed by atoms with Crippen molar-refractivity contribution in [3.63, 3.8) is 0 Å². The number of carbonyl (C=O) groups excluding carboxylic acids is 1. The Morgan fingerprint density at radius 1 is 1.29 bits per heavy atom. The molecule has 108 valence electrons. The Balaban J connectivity index is 2.36. The summed E-state index contributed by atoms with van der Waals surface area (Å²) < 4.78 is 5.48. The lowest BCUT2D eigenvalue weighted by Crippen LogP contribution is -2.34. The van der Waals surface area contributed by atoms with Crippen molar-refractivity contribution in [1.82, 2.24) is 4.90 Å². The molecular weight excluding hydrogens is 262 g/mol. The molecule has 2 rings (SSSR count). The van der Waals surface area contributed by atoms with E-state index in [9.17, 15) is 4.79 Å². The summed E-state index contributed by atoms with van der Waals surface area (Å²) in [6.07, 6.45) is 7.20. The highest BCUT2D eigenvalue weighted by molar-refractivity contribution is 5.94. The van der Waals surface area contributed by atoms with Crippen molar-refractivity contribution in [3.8, 4) is 0 Å². The Labute approximate surface area is 125 Å². The van der Waals surface area contributed by atoms with Gasteiger partial charge in [0.25, 0.3) is 5.91 Å². The van der Waals surface area contributed by atoms with E-state index in [0.29, 0.717) is 12.1 Å². The highest BCUT2D eigenvalue weighted by Crippen LogP contribution is 2.24. The Kier molecular flexibility index (Phi) is 5.16. The maximum Gasteiger partial charge on any atom is 0.255 e. The van der Waals surface area contributed by atoms with Gasteiger partial charge < -0.3 is 9.32 Å². The standard InChI is InChI=1S/C18H19NO2/c1-3-9-16(17-12-8-14-21-17)19(13-4-2)18(20)15-10-6-5-7-11-15/h3-12,14,16H,2,13H2,1H3/b9-3-/t16-/m0/s1. The Morgan fingerprint density at radius 3 is 2.62 bits per heavy atom. The smallest absolute Gasteiger partial charge is 0.255 e. The normalized spacial score (nSPS) is 12.2. The predicted octanol–water partition coefficient (Wildman–Crippen LogP) is 4.23. The molecule has 0 radical (unpaired) electrons.